The van der Waals surface area contributed by atoms with E-state index in [1.807, 2.05) is 36.4 Å². The predicted molar refractivity (Wildman–Crippen MR) is 115 cm³/mol. The zero-order chi connectivity index (χ0) is 20.7. The maximum atomic E-state index is 12.9. The van der Waals surface area contributed by atoms with Crippen molar-refractivity contribution in [2.24, 2.45) is 0 Å². The summed E-state index contributed by atoms with van der Waals surface area (Å²) in [6, 6.07) is 11.3. The molecule has 1 spiro atoms. The van der Waals surface area contributed by atoms with Gasteiger partial charge in [0.25, 0.3) is 5.91 Å². The summed E-state index contributed by atoms with van der Waals surface area (Å²) in [7, 11) is 0. The van der Waals surface area contributed by atoms with Gasteiger partial charge in [0.2, 0.25) is 11.9 Å². The normalized spacial score (nSPS) is 16.3. The van der Waals surface area contributed by atoms with Gasteiger partial charge in [-0.1, -0.05) is 22.0 Å². The Labute approximate surface area is 181 Å². The van der Waals surface area contributed by atoms with E-state index in [2.05, 4.69) is 36.2 Å². The van der Waals surface area contributed by atoms with E-state index in [-0.39, 0.29) is 29.7 Å². The lowest BCUT2D eigenvalue weighted by molar-refractivity contribution is -0.117. The number of rotatable bonds is 4. The third-order valence-corrected chi connectivity index (χ3v) is 6.11. The van der Waals surface area contributed by atoms with Crippen LogP contribution in [0.2, 0.25) is 0 Å². The second-order valence-electron chi connectivity index (χ2n) is 7.69. The number of anilines is 1. The second kappa shape index (κ2) is 7.28. The molecular formula is C22H18BrN5O2. The molecule has 2 aliphatic rings. The van der Waals surface area contributed by atoms with Crippen molar-refractivity contribution in [1.82, 2.24) is 19.9 Å². The summed E-state index contributed by atoms with van der Waals surface area (Å²) in [5, 5.41) is 2.69. The van der Waals surface area contributed by atoms with E-state index in [1.165, 1.54) is 0 Å². The molecule has 1 N–H and O–H groups in total. The van der Waals surface area contributed by atoms with Gasteiger partial charge in [0.05, 0.1) is 5.69 Å². The number of benzene rings is 1. The lowest BCUT2D eigenvalue weighted by Gasteiger charge is -2.34. The van der Waals surface area contributed by atoms with Crippen LogP contribution in [0.5, 0.6) is 0 Å². The lowest BCUT2D eigenvalue weighted by Crippen LogP contribution is -2.46. The molecule has 1 aliphatic heterocycles. The fraction of sp³-hybridized carbons (Fsp3) is 0.227. The molecule has 1 aromatic carbocycles. The van der Waals surface area contributed by atoms with E-state index in [9.17, 15) is 9.59 Å². The van der Waals surface area contributed by atoms with Crippen LogP contribution in [0.3, 0.4) is 0 Å². The second-order valence-corrected chi connectivity index (χ2v) is 8.61. The van der Waals surface area contributed by atoms with Crippen molar-refractivity contribution in [3.05, 3.63) is 70.6 Å². The highest BCUT2D eigenvalue weighted by molar-refractivity contribution is 9.10. The van der Waals surface area contributed by atoms with E-state index in [4.69, 9.17) is 0 Å². The quantitative estimate of drug-likeness (QED) is 0.640. The van der Waals surface area contributed by atoms with Gasteiger partial charge in [0.15, 0.2) is 0 Å². The number of aromatic nitrogens is 3. The fourth-order valence-corrected chi connectivity index (χ4v) is 4.30. The minimum Gasteiger partial charge on any atom is -0.328 e. The Kier molecular flexibility index (Phi) is 4.58. The van der Waals surface area contributed by atoms with Gasteiger partial charge in [-0.2, -0.15) is 0 Å². The van der Waals surface area contributed by atoms with Crippen LogP contribution in [0.15, 0.2) is 59.5 Å². The van der Waals surface area contributed by atoms with Crippen LogP contribution in [0.1, 0.15) is 28.8 Å². The lowest BCUT2D eigenvalue weighted by atomic mass is 9.86. The number of nitrogens with one attached hydrogen (secondary N) is 1. The minimum atomic E-state index is -0.315. The zero-order valence-electron chi connectivity index (χ0n) is 16.0. The summed E-state index contributed by atoms with van der Waals surface area (Å²) in [4.78, 5) is 39.8. The monoisotopic (exact) mass is 463 g/mol. The molecule has 5 rings (SSSR count). The average Bonchev–Trinajstić information content (AvgIpc) is 3.53. The van der Waals surface area contributed by atoms with Crippen molar-refractivity contribution in [1.29, 1.82) is 0 Å². The molecule has 0 atom stereocenters. The third kappa shape index (κ3) is 3.47. The molecule has 30 heavy (non-hydrogen) atoms. The Morgan fingerprint density at radius 2 is 1.93 bits per heavy atom. The maximum absolute atomic E-state index is 12.9. The smallest absolute Gasteiger partial charge is 0.254 e. The number of carbonyl (C=O) groups excluding carboxylic acids is 2. The van der Waals surface area contributed by atoms with Gasteiger partial charge in [-0.3, -0.25) is 19.9 Å². The molecule has 1 saturated carbocycles. The van der Waals surface area contributed by atoms with Crippen LogP contribution < -0.4 is 5.32 Å². The van der Waals surface area contributed by atoms with E-state index in [1.54, 1.807) is 23.5 Å². The zero-order valence-corrected chi connectivity index (χ0v) is 17.6. The Hall–Kier alpha value is -3.13. The summed E-state index contributed by atoms with van der Waals surface area (Å²) >= 11 is 3.50. The molecule has 0 radical (unpaired) electrons. The highest BCUT2D eigenvalue weighted by atomic mass is 79.9. The number of halogens is 1. The molecule has 1 fully saturated rings. The Morgan fingerprint density at radius 1 is 1.13 bits per heavy atom. The fourth-order valence-electron chi connectivity index (χ4n) is 3.94. The van der Waals surface area contributed by atoms with Gasteiger partial charge in [-0.15, -0.1) is 0 Å². The number of pyridine rings is 1. The van der Waals surface area contributed by atoms with E-state index in [0.29, 0.717) is 12.1 Å². The van der Waals surface area contributed by atoms with E-state index >= 15 is 0 Å². The van der Waals surface area contributed by atoms with Crippen molar-refractivity contribution in [2.75, 3.05) is 18.4 Å². The van der Waals surface area contributed by atoms with Gasteiger partial charge in [-0.25, -0.2) is 9.97 Å². The number of carbonyl (C=O) groups is 2. The van der Waals surface area contributed by atoms with Gasteiger partial charge >= 0.3 is 0 Å². The van der Waals surface area contributed by atoms with Crippen molar-refractivity contribution >= 4 is 33.7 Å². The van der Waals surface area contributed by atoms with Crippen LogP contribution in [-0.2, 0) is 10.2 Å². The van der Waals surface area contributed by atoms with Crippen molar-refractivity contribution in [3.8, 4) is 11.3 Å². The first kappa shape index (κ1) is 18.9. The third-order valence-electron chi connectivity index (χ3n) is 5.62. The van der Waals surface area contributed by atoms with Crippen LogP contribution in [0, 0.1) is 0 Å². The standard InChI is InChI=1S/C22H18BrN5O2/c23-15-4-5-16-17(9-15)22(6-7-22)13-28(20(16)30)12-19(29)27-21-25-10-14(11-26-21)18-3-1-2-8-24-18/h1-5,8-11H,6-7,12-13H2,(H,25,26,27,29). The number of hydrogen-bond donors (Lipinski definition) is 1. The molecule has 7 nitrogen and oxygen atoms in total. The van der Waals surface area contributed by atoms with Gasteiger partial charge in [-0.05, 0) is 48.7 Å². The van der Waals surface area contributed by atoms with Crippen molar-refractivity contribution < 1.29 is 9.59 Å². The Balaban J connectivity index is 1.28. The molecule has 3 heterocycles. The molecule has 0 saturated heterocycles. The summed E-state index contributed by atoms with van der Waals surface area (Å²) in [6.07, 6.45) is 6.98. The summed E-state index contributed by atoms with van der Waals surface area (Å²) in [6.45, 7) is 0.531. The minimum absolute atomic E-state index is 0.0197. The molecule has 3 aromatic rings. The molecule has 150 valence electrons. The Morgan fingerprint density at radius 3 is 2.63 bits per heavy atom. The van der Waals surface area contributed by atoms with Gasteiger partial charge in [0, 0.05) is 46.1 Å². The van der Waals surface area contributed by atoms with E-state index < -0.39 is 0 Å². The van der Waals surface area contributed by atoms with Crippen LogP contribution >= 0.6 is 15.9 Å². The number of hydrogen-bond acceptors (Lipinski definition) is 5. The molecule has 0 unspecified atom stereocenters. The first-order valence-electron chi connectivity index (χ1n) is 9.67. The van der Waals surface area contributed by atoms with E-state index in [0.717, 1.165) is 34.1 Å². The SMILES string of the molecule is O=C(CN1CC2(CC2)c2cc(Br)ccc2C1=O)Nc1ncc(-c2ccccn2)cn1. The summed E-state index contributed by atoms with van der Waals surface area (Å²) in [5.41, 5.74) is 3.28. The largest absolute Gasteiger partial charge is 0.328 e. The number of amides is 2. The van der Waals surface area contributed by atoms with Gasteiger partial charge < -0.3 is 4.90 Å². The molecule has 1 aliphatic carbocycles. The van der Waals surface area contributed by atoms with Gasteiger partial charge in [0.1, 0.15) is 6.54 Å². The molecule has 8 heteroatoms. The summed E-state index contributed by atoms with van der Waals surface area (Å²) in [5.74, 6) is -0.225. The summed E-state index contributed by atoms with van der Waals surface area (Å²) < 4.78 is 0.970. The van der Waals surface area contributed by atoms with Crippen LogP contribution in [-0.4, -0.2) is 44.8 Å². The molecular weight excluding hydrogens is 446 g/mol. The average molecular weight is 464 g/mol. The topological polar surface area (TPSA) is 88.1 Å². The van der Waals surface area contributed by atoms with Crippen LogP contribution in [0.25, 0.3) is 11.3 Å². The molecule has 2 aromatic heterocycles. The Bertz CT molecular complexity index is 1130. The number of nitrogens with zero attached hydrogens (tertiary/aromatic N) is 4. The first-order valence-corrected chi connectivity index (χ1v) is 10.5. The number of fused-ring (bicyclic) bond motifs is 2. The first-order chi connectivity index (χ1) is 14.5. The molecule has 0 bridgehead atoms. The highest BCUT2D eigenvalue weighted by Crippen LogP contribution is 2.52. The highest BCUT2D eigenvalue weighted by Gasteiger charge is 2.51. The van der Waals surface area contributed by atoms with Crippen molar-refractivity contribution in [3.63, 3.8) is 0 Å². The van der Waals surface area contributed by atoms with Crippen molar-refractivity contribution in [2.45, 2.75) is 18.3 Å². The predicted octanol–water partition coefficient (Wildman–Crippen LogP) is 3.43. The van der Waals surface area contributed by atoms with Crippen LogP contribution in [0.4, 0.5) is 5.95 Å². The maximum Gasteiger partial charge on any atom is 0.254 e. The molecule has 2 amide bonds.